The minimum Gasteiger partial charge on any atom is -0.391 e. The Morgan fingerprint density at radius 2 is 2.09 bits per heavy atom. The van der Waals surface area contributed by atoms with Gasteiger partial charge in [-0.1, -0.05) is 18.2 Å². The van der Waals surface area contributed by atoms with Crippen LogP contribution < -0.4 is 10.6 Å². The zero-order valence-electron chi connectivity index (χ0n) is 11.7. The van der Waals surface area contributed by atoms with Gasteiger partial charge < -0.3 is 15.7 Å². The number of carbonyl (C=O) groups is 1. The van der Waals surface area contributed by atoms with Crippen molar-refractivity contribution in [2.24, 2.45) is 5.92 Å². The maximum absolute atomic E-state index is 12.6. The average molecular weight is 339 g/mol. The van der Waals surface area contributed by atoms with Gasteiger partial charge in [-0.2, -0.15) is 13.2 Å². The Morgan fingerprint density at radius 1 is 1.36 bits per heavy atom. The van der Waals surface area contributed by atoms with Crippen molar-refractivity contribution in [3.8, 4) is 0 Å². The number of aliphatic hydroxyl groups excluding tert-OH is 1. The summed E-state index contributed by atoms with van der Waals surface area (Å²) >= 11 is 0. The Kier molecular flexibility index (Phi) is 6.65. The normalized spacial score (nSPS) is 21.3. The van der Waals surface area contributed by atoms with Crippen molar-refractivity contribution < 1.29 is 23.1 Å². The monoisotopic (exact) mass is 338 g/mol. The first-order valence-electron chi connectivity index (χ1n) is 6.68. The number of halogens is 4. The highest BCUT2D eigenvalue weighted by molar-refractivity contribution is 5.85. The van der Waals surface area contributed by atoms with E-state index in [1.807, 2.05) is 0 Å². The van der Waals surface area contributed by atoms with Gasteiger partial charge in [0.2, 0.25) is 5.91 Å². The second kappa shape index (κ2) is 7.80. The van der Waals surface area contributed by atoms with Crippen LogP contribution in [0.3, 0.4) is 0 Å². The Bertz CT molecular complexity index is 511. The lowest BCUT2D eigenvalue weighted by Crippen LogP contribution is -2.35. The highest BCUT2D eigenvalue weighted by Gasteiger charge is 2.30. The van der Waals surface area contributed by atoms with Crippen LogP contribution >= 0.6 is 12.4 Å². The Hall–Kier alpha value is -1.31. The van der Waals surface area contributed by atoms with Gasteiger partial charge in [0.25, 0.3) is 0 Å². The fourth-order valence-corrected chi connectivity index (χ4v) is 2.28. The van der Waals surface area contributed by atoms with Crippen molar-refractivity contribution in [2.45, 2.75) is 18.7 Å². The van der Waals surface area contributed by atoms with E-state index in [1.54, 1.807) is 0 Å². The number of rotatable bonds is 4. The lowest BCUT2D eigenvalue weighted by molar-refractivity contribution is -0.137. The molecule has 0 saturated carbocycles. The minimum atomic E-state index is -4.41. The second-order valence-corrected chi connectivity index (χ2v) is 5.16. The molecule has 1 saturated heterocycles. The number of hydrogen-bond acceptors (Lipinski definition) is 3. The van der Waals surface area contributed by atoms with E-state index in [9.17, 15) is 23.1 Å². The van der Waals surface area contributed by atoms with Gasteiger partial charge in [0, 0.05) is 25.6 Å². The lowest BCUT2D eigenvalue weighted by atomic mass is 10.1. The zero-order valence-corrected chi connectivity index (χ0v) is 12.5. The molecule has 2 unspecified atom stereocenters. The molecule has 124 valence electrons. The molecule has 22 heavy (non-hydrogen) atoms. The van der Waals surface area contributed by atoms with Crippen molar-refractivity contribution in [3.05, 3.63) is 35.4 Å². The van der Waals surface area contributed by atoms with Gasteiger partial charge in [-0.25, -0.2) is 0 Å². The number of carbonyl (C=O) groups excluding carboxylic acids is 1. The molecule has 0 bridgehead atoms. The Morgan fingerprint density at radius 3 is 2.68 bits per heavy atom. The highest BCUT2D eigenvalue weighted by atomic mass is 35.5. The van der Waals surface area contributed by atoms with Crippen LogP contribution in [0.4, 0.5) is 13.2 Å². The molecule has 0 aliphatic carbocycles. The molecule has 4 nitrogen and oxygen atoms in total. The summed E-state index contributed by atoms with van der Waals surface area (Å²) in [6.45, 7) is 1.42. The van der Waals surface area contributed by atoms with Crippen LogP contribution in [0.5, 0.6) is 0 Å². The predicted molar refractivity (Wildman–Crippen MR) is 77.8 cm³/mol. The van der Waals surface area contributed by atoms with Crippen molar-refractivity contribution >= 4 is 18.3 Å². The molecule has 1 aliphatic heterocycles. The van der Waals surface area contributed by atoms with E-state index in [-0.39, 0.29) is 30.7 Å². The van der Waals surface area contributed by atoms with Gasteiger partial charge in [-0.3, -0.25) is 4.79 Å². The van der Waals surface area contributed by atoms with E-state index in [0.29, 0.717) is 25.2 Å². The van der Waals surface area contributed by atoms with Gasteiger partial charge in [0.05, 0.1) is 18.1 Å². The molecule has 1 aliphatic rings. The molecule has 1 fully saturated rings. The van der Waals surface area contributed by atoms with Gasteiger partial charge in [-0.15, -0.1) is 12.4 Å². The van der Waals surface area contributed by atoms with Gasteiger partial charge in [-0.05, 0) is 11.6 Å². The molecule has 2 rings (SSSR count). The third kappa shape index (κ3) is 5.15. The number of amides is 1. The third-order valence-electron chi connectivity index (χ3n) is 3.48. The first kappa shape index (κ1) is 18.7. The molecule has 8 heteroatoms. The van der Waals surface area contributed by atoms with Gasteiger partial charge in [0.1, 0.15) is 0 Å². The topological polar surface area (TPSA) is 61.4 Å². The SMILES string of the molecule is Cl.O=C(Cc1cccc(C(F)(F)F)c1)NCC1CNCC1O. The highest BCUT2D eigenvalue weighted by Crippen LogP contribution is 2.29. The number of aliphatic hydroxyl groups is 1. The molecule has 0 aromatic heterocycles. The number of β-amino-alcohol motifs (C(OH)–C–C–N with tert-alkyl or cyclic N) is 1. The number of nitrogens with one attached hydrogen (secondary N) is 2. The van der Waals surface area contributed by atoms with Crippen LogP contribution in [0.15, 0.2) is 24.3 Å². The largest absolute Gasteiger partial charge is 0.416 e. The maximum Gasteiger partial charge on any atom is 0.416 e. The summed E-state index contributed by atoms with van der Waals surface area (Å²) in [6.07, 6.45) is -5.02. The molecule has 0 spiro atoms. The van der Waals surface area contributed by atoms with Gasteiger partial charge in [0.15, 0.2) is 0 Å². The first-order valence-corrected chi connectivity index (χ1v) is 6.68. The summed E-state index contributed by atoms with van der Waals surface area (Å²) in [6, 6.07) is 4.73. The number of hydrogen-bond donors (Lipinski definition) is 3. The molecule has 1 amide bonds. The molecular formula is C14H18ClF3N2O2. The molecule has 0 radical (unpaired) electrons. The summed E-state index contributed by atoms with van der Waals surface area (Å²) < 4.78 is 37.7. The molecule has 1 aromatic carbocycles. The minimum absolute atomic E-state index is 0. The lowest BCUT2D eigenvalue weighted by Gasteiger charge is -2.14. The van der Waals surface area contributed by atoms with E-state index in [4.69, 9.17) is 0 Å². The average Bonchev–Trinajstić information content (AvgIpc) is 2.81. The van der Waals surface area contributed by atoms with E-state index >= 15 is 0 Å². The maximum atomic E-state index is 12.6. The van der Waals surface area contributed by atoms with Gasteiger partial charge >= 0.3 is 6.18 Å². The van der Waals surface area contributed by atoms with Crippen molar-refractivity contribution in [1.29, 1.82) is 0 Å². The summed E-state index contributed by atoms with van der Waals surface area (Å²) in [5.41, 5.74) is -0.448. The predicted octanol–water partition coefficient (Wildman–Crippen LogP) is 1.37. The molecular weight excluding hydrogens is 321 g/mol. The molecule has 3 N–H and O–H groups in total. The third-order valence-corrected chi connectivity index (χ3v) is 3.48. The smallest absolute Gasteiger partial charge is 0.391 e. The fourth-order valence-electron chi connectivity index (χ4n) is 2.28. The van der Waals surface area contributed by atoms with Crippen molar-refractivity contribution in [3.63, 3.8) is 0 Å². The standard InChI is InChI=1S/C14H17F3N2O2.ClH/c15-14(16,17)11-3-1-2-9(4-11)5-13(21)19-7-10-6-18-8-12(10)20;/h1-4,10,12,18,20H,5-8H2,(H,19,21);1H. The van der Waals surface area contributed by atoms with E-state index in [1.165, 1.54) is 12.1 Å². The number of benzene rings is 1. The van der Waals surface area contributed by atoms with Crippen molar-refractivity contribution in [1.82, 2.24) is 10.6 Å². The quantitative estimate of drug-likeness (QED) is 0.777. The molecule has 2 atom stereocenters. The molecule has 1 aromatic rings. The zero-order chi connectivity index (χ0) is 15.5. The van der Waals surface area contributed by atoms with E-state index in [0.717, 1.165) is 12.1 Å². The molecule has 1 heterocycles. The number of alkyl halides is 3. The van der Waals surface area contributed by atoms with Crippen LogP contribution in [0.25, 0.3) is 0 Å². The second-order valence-electron chi connectivity index (χ2n) is 5.16. The van der Waals surface area contributed by atoms with E-state index < -0.39 is 17.8 Å². The van der Waals surface area contributed by atoms with Crippen molar-refractivity contribution in [2.75, 3.05) is 19.6 Å². The van der Waals surface area contributed by atoms with Crippen LogP contribution in [0, 0.1) is 5.92 Å². The first-order chi connectivity index (χ1) is 9.86. The van der Waals surface area contributed by atoms with E-state index in [2.05, 4.69) is 10.6 Å². The van der Waals surface area contributed by atoms with Crippen LogP contribution in [-0.4, -0.2) is 36.8 Å². The van der Waals surface area contributed by atoms with Crippen LogP contribution in [-0.2, 0) is 17.4 Å². The van der Waals surface area contributed by atoms with Crippen LogP contribution in [0.2, 0.25) is 0 Å². The summed E-state index contributed by atoms with van der Waals surface area (Å²) in [5.74, 6) is -0.413. The fraction of sp³-hybridized carbons (Fsp3) is 0.500. The Labute approximate surface area is 132 Å². The van der Waals surface area contributed by atoms with Crippen LogP contribution in [0.1, 0.15) is 11.1 Å². The summed E-state index contributed by atoms with van der Waals surface area (Å²) in [5, 5.41) is 15.2. The summed E-state index contributed by atoms with van der Waals surface area (Å²) in [4.78, 5) is 11.7. The Balaban J connectivity index is 0.00000242. The summed E-state index contributed by atoms with van der Waals surface area (Å²) in [7, 11) is 0.